The summed E-state index contributed by atoms with van der Waals surface area (Å²) in [4.78, 5) is 2.53. The molecule has 0 aliphatic carbocycles. The maximum atomic E-state index is 13.8. The van der Waals surface area contributed by atoms with Gasteiger partial charge < -0.3 is 4.90 Å². The molecule has 146 valence electrons. The van der Waals surface area contributed by atoms with Gasteiger partial charge in [-0.1, -0.05) is 18.6 Å². The predicted molar refractivity (Wildman–Crippen MR) is 103 cm³/mol. The largest absolute Gasteiger partial charge is 0.303 e. The van der Waals surface area contributed by atoms with Crippen LogP contribution >= 0.6 is 0 Å². The van der Waals surface area contributed by atoms with E-state index in [2.05, 4.69) is 4.90 Å². The molecule has 0 spiro atoms. The zero-order valence-electron chi connectivity index (χ0n) is 15.7. The lowest BCUT2D eigenvalue weighted by molar-refractivity contribution is 0.193. The number of piperidine rings is 2. The Balaban J connectivity index is 1.68. The molecule has 0 aromatic heterocycles. The highest BCUT2D eigenvalue weighted by Gasteiger charge is 2.31. The van der Waals surface area contributed by atoms with Crippen LogP contribution in [0.5, 0.6) is 0 Å². The number of nitrogens with zero attached hydrogens (tertiary/aromatic N) is 2. The highest BCUT2D eigenvalue weighted by atomic mass is 32.2. The second-order valence-electron chi connectivity index (χ2n) is 7.85. The van der Waals surface area contributed by atoms with Gasteiger partial charge in [-0.3, -0.25) is 0 Å². The minimum absolute atomic E-state index is 0.181. The number of hydrogen-bond acceptors (Lipinski definition) is 3. The van der Waals surface area contributed by atoms with E-state index in [1.54, 1.807) is 16.4 Å². The van der Waals surface area contributed by atoms with Crippen LogP contribution in [-0.2, 0) is 10.0 Å². The molecule has 0 amide bonds. The van der Waals surface area contributed by atoms with Crippen LogP contribution in [0.3, 0.4) is 0 Å². The normalized spacial score (nSPS) is 22.4. The molecule has 26 heavy (non-hydrogen) atoms. The second-order valence-corrected chi connectivity index (χ2v) is 9.83. The van der Waals surface area contributed by atoms with E-state index in [1.165, 1.54) is 44.7 Å². The fraction of sp³-hybridized carbons (Fsp3) is 0.700. The zero-order valence-corrected chi connectivity index (χ0v) is 16.6. The minimum atomic E-state index is -3.11. The van der Waals surface area contributed by atoms with E-state index in [-0.39, 0.29) is 5.82 Å². The molecule has 2 heterocycles. The van der Waals surface area contributed by atoms with E-state index in [1.807, 2.05) is 6.07 Å². The molecular weight excluding hydrogens is 351 g/mol. The fourth-order valence-electron chi connectivity index (χ4n) is 4.53. The van der Waals surface area contributed by atoms with Crippen molar-refractivity contribution in [1.82, 2.24) is 9.21 Å². The average Bonchev–Trinajstić information content (AvgIpc) is 2.63. The Hall–Kier alpha value is -0.980. The fourth-order valence-corrected chi connectivity index (χ4v) is 5.40. The Kier molecular flexibility index (Phi) is 6.70. The van der Waals surface area contributed by atoms with Crippen molar-refractivity contribution in [1.29, 1.82) is 0 Å². The molecule has 0 N–H and O–H groups in total. The lowest BCUT2D eigenvalue weighted by Gasteiger charge is -2.36. The summed E-state index contributed by atoms with van der Waals surface area (Å²) in [5.74, 6) is 0.535. The van der Waals surface area contributed by atoms with Gasteiger partial charge in [0.15, 0.2) is 0 Å². The Morgan fingerprint density at radius 3 is 2.42 bits per heavy atom. The summed E-state index contributed by atoms with van der Waals surface area (Å²) in [6.07, 6.45) is 7.89. The molecule has 1 atom stereocenters. The number of rotatable bonds is 6. The van der Waals surface area contributed by atoms with Crippen molar-refractivity contribution in [3.8, 4) is 0 Å². The van der Waals surface area contributed by atoms with Crippen LogP contribution in [0, 0.1) is 11.7 Å². The van der Waals surface area contributed by atoms with Gasteiger partial charge in [-0.2, -0.15) is 0 Å². The molecule has 2 saturated heterocycles. The maximum Gasteiger partial charge on any atom is 0.211 e. The van der Waals surface area contributed by atoms with E-state index in [0.29, 0.717) is 24.9 Å². The van der Waals surface area contributed by atoms with E-state index >= 15 is 0 Å². The van der Waals surface area contributed by atoms with Gasteiger partial charge in [-0.15, -0.1) is 0 Å². The molecule has 0 radical (unpaired) electrons. The van der Waals surface area contributed by atoms with Crippen LogP contribution in [0.4, 0.5) is 4.39 Å². The van der Waals surface area contributed by atoms with Crippen LogP contribution < -0.4 is 0 Å². The smallest absolute Gasteiger partial charge is 0.211 e. The van der Waals surface area contributed by atoms with Crippen molar-refractivity contribution in [2.45, 2.75) is 44.4 Å². The molecule has 0 saturated carbocycles. The zero-order chi connectivity index (χ0) is 18.6. The van der Waals surface area contributed by atoms with Crippen molar-refractivity contribution in [3.63, 3.8) is 0 Å². The summed E-state index contributed by atoms with van der Waals surface area (Å²) in [6, 6.07) is 7.00. The van der Waals surface area contributed by atoms with Crippen LogP contribution in [0.15, 0.2) is 24.3 Å². The summed E-state index contributed by atoms with van der Waals surface area (Å²) >= 11 is 0. The first kappa shape index (κ1) is 19.8. The van der Waals surface area contributed by atoms with Crippen molar-refractivity contribution in [3.05, 3.63) is 35.6 Å². The van der Waals surface area contributed by atoms with Gasteiger partial charge >= 0.3 is 0 Å². The summed E-state index contributed by atoms with van der Waals surface area (Å²) in [6.45, 7) is 4.55. The van der Waals surface area contributed by atoms with Gasteiger partial charge in [0.1, 0.15) is 5.82 Å². The Labute approximate surface area is 157 Å². The molecule has 0 bridgehead atoms. The number of benzene rings is 1. The third-order valence-electron chi connectivity index (χ3n) is 6.02. The monoisotopic (exact) mass is 382 g/mol. The third-order valence-corrected chi connectivity index (χ3v) is 7.32. The summed E-state index contributed by atoms with van der Waals surface area (Å²) in [5, 5.41) is 0. The molecule has 1 aromatic rings. The lowest BCUT2D eigenvalue weighted by Crippen LogP contribution is -2.39. The van der Waals surface area contributed by atoms with Crippen LogP contribution in [0.2, 0.25) is 0 Å². The standard InChI is InChI=1S/C20H31FN2O2S/c1-26(24,25)23-14-8-17(9-15-23)20(18-6-5-7-19(21)16-18)10-13-22-11-3-2-4-12-22/h5-7,16-17,20H,2-4,8-15H2,1H3/t20-/m1/s1. The Morgan fingerprint density at radius 2 is 1.81 bits per heavy atom. The maximum absolute atomic E-state index is 13.8. The number of likely N-dealkylation sites (tertiary alicyclic amines) is 1. The molecule has 0 unspecified atom stereocenters. The number of sulfonamides is 1. The first-order valence-electron chi connectivity index (χ1n) is 9.86. The Morgan fingerprint density at radius 1 is 1.12 bits per heavy atom. The summed E-state index contributed by atoms with van der Waals surface area (Å²) in [5.41, 5.74) is 1.07. The van der Waals surface area contributed by atoms with Gasteiger partial charge in [0.2, 0.25) is 10.0 Å². The van der Waals surface area contributed by atoms with Crippen molar-refractivity contribution in [2.24, 2.45) is 5.92 Å². The molecular formula is C20H31FN2O2S. The van der Waals surface area contributed by atoms with Crippen LogP contribution in [0.1, 0.15) is 50.0 Å². The van der Waals surface area contributed by atoms with Crippen molar-refractivity contribution in [2.75, 3.05) is 39.0 Å². The minimum Gasteiger partial charge on any atom is -0.303 e. The average molecular weight is 383 g/mol. The molecule has 2 aliphatic rings. The summed E-state index contributed by atoms with van der Waals surface area (Å²) < 4.78 is 38.9. The van der Waals surface area contributed by atoms with E-state index < -0.39 is 10.0 Å². The van der Waals surface area contributed by atoms with Gasteiger partial charge in [0.25, 0.3) is 0 Å². The van der Waals surface area contributed by atoms with E-state index in [4.69, 9.17) is 0 Å². The number of halogens is 1. The Bertz CT molecular complexity index is 681. The van der Waals surface area contributed by atoms with E-state index in [0.717, 1.165) is 31.4 Å². The highest BCUT2D eigenvalue weighted by molar-refractivity contribution is 7.88. The van der Waals surface area contributed by atoms with Gasteiger partial charge in [-0.05, 0) is 81.3 Å². The first-order valence-corrected chi connectivity index (χ1v) is 11.7. The SMILES string of the molecule is CS(=O)(=O)N1CCC([C@@H](CCN2CCCCC2)c2cccc(F)c2)CC1. The molecule has 1 aromatic carbocycles. The second kappa shape index (κ2) is 8.81. The summed E-state index contributed by atoms with van der Waals surface area (Å²) in [7, 11) is -3.11. The van der Waals surface area contributed by atoms with Crippen LogP contribution in [-0.4, -0.2) is 56.6 Å². The molecule has 4 nitrogen and oxygen atoms in total. The topological polar surface area (TPSA) is 40.6 Å². The molecule has 2 fully saturated rings. The first-order chi connectivity index (χ1) is 12.4. The van der Waals surface area contributed by atoms with Gasteiger partial charge in [0.05, 0.1) is 6.26 Å². The van der Waals surface area contributed by atoms with Gasteiger partial charge in [-0.25, -0.2) is 17.1 Å². The van der Waals surface area contributed by atoms with Gasteiger partial charge in [0, 0.05) is 13.1 Å². The molecule has 6 heteroatoms. The predicted octanol–water partition coefficient (Wildman–Crippen LogP) is 3.46. The highest BCUT2D eigenvalue weighted by Crippen LogP contribution is 2.36. The third kappa shape index (κ3) is 5.27. The molecule has 3 rings (SSSR count). The quantitative estimate of drug-likeness (QED) is 0.757. The van der Waals surface area contributed by atoms with Crippen LogP contribution in [0.25, 0.3) is 0 Å². The van der Waals surface area contributed by atoms with Crippen molar-refractivity contribution < 1.29 is 12.8 Å². The molecule has 2 aliphatic heterocycles. The lowest BCUT2D eigenvalue weighted by atomic mass is 9.78. The van der Waals surface area contributed by atoms with Crippen molar-refractivity contribution >= 4 is 10.0 Å². The van der Waals surface area contributed by atoms with E-state index in [9.17, 15) is 12.8 Å². The number of hydrogen-bond donors (Lipinski definition) is 0.